The lowest BCUT2D eigenvalue weighted by Crippen LogP contribution is -2.45. The molecule has 0 aromatic heterocycles. The first kappa shape index (κ1) is 10.1. The maximum Gasteiger partial charge on any atom is 0.147 e. The average molecular weight is 207 g/mol. The number of methoxy groups -OCH3 is 1. The highest BCUT2D eigenvalue weighted by Crippen LogP contribution is 2.38. The zero-order valence-electron chi connectivity index (χ0n) is 9.70. The molecule has 15 heavy (non-hydrogen) atoms. The van der Waals surface area contributed by atoms with Crippen LogP contribution < -0.4 is 14.4 Å². The van der Waals surface area contributed by atoms with Gasteiger partial charge < -0.3 is 14.4 Å². The van der Waals surface area contributed by atoms with E-state index >= 15 is 0 Å². The number of benzene rings is 1. The Morgan fingerprint density at radius 1 is 1.40 bits per heavy atom. The van der Waals surface area contributed by atoms with E-state index in [1.54, 1.807) is 7.11 Å². The summed E-state index contributed by atoms with van der Waals surface area (Å²) in [5, 5.41) is 0. The second-order valence-corrected chi connectivity index (χ2v) is 4.55. The Hall–Kier alpha value is -1.38. The van der Waals surface area contributed by atoms with Crippen molar-refractivity contribution < 1.29 is 9.47 Å². The number of fused-ring (bicyclic) bond motifs is 1. The van der Waals surface area contributed by atoms with E-state index < -0.39 is 0 Å². The minimum absolute atomic E-state index is 0.145. The van der Waals surface area contributed by atoms with Crippen LogP contribution >= 0.6 is 0 Å². The summed E-state index contributed by atoms with van der Waals surface area (Å²) in [7, 11) is 3.75. The van der Waals surface area contributed by atoms with E-state index in [2.05, 4.69) is 25.8 Å². The Balaban J connectivity index is 2.42. The predicted molar refractivity (Wildman–Crippen MR) is 61.0 cm³/mol. The number of hydrogen-bond acceptors (Lipinski definition) is 3. The molecular formula is C12H17NO2. The van der Waals surface area contributed by atoms with Crippen molar-refractivity contribution >= 4 is 5.69 Å². The first-order valence-electron chi connectivity index (χ1n) is 5.10. The van der Waals surface area contributed by atoms with E-state index in [-0.39, 0.29) is 5.60 Å². The second kappa shape index (κ2) is 3.33. The van der Waals surface area contributed by atoms with Gasteiger partial charge in [0.25, 0.3) is 0 Å². The molecule has 0 unspecified atom stereocenters. The van der Waals surface area contributed by atoms with Crippen molar-refractivity contribution in [3.8, 4) is 11.5 Å². The average Bonchev–Trinajstić information content (AvgIpc) is 2.14. The van der Waals surface area contributed by atoms with Crippen molar-refractivity contribution in [3.63, 3.8) is 0 Å². The molecule has 0 saturated carbocycles. The Kier molecular flexibility index (Phi) is 2.25. The molecule has 0 radical (unpaired) electrons. The van der Waals surface area contributed by atoms with Gasteiger partial charge in [0, 0.05) is 13.1 Å². The fraction of sp³-hybridized carbons (Fsp3) is 0.500. The van der Waals surface area contributed by atoms with E-state index in [1.165, 1.54) is 0 Å². The molecule has 0 spiro atoms. The SMILES string of the molecule is COc1ccc2c(c1)OC(C)(C)CN2C. The zero-order valence-corrected chi connectivity index (χ0v) is 9.70. The molecule has 3 heteroatoms. The van der Waals surface area contributed by atoms with Crippen LogP contribution in [0.2, 0.25) is 0 Å². The molecule has 0 fully saturated rings. The number of likely N-dealkylation sites (N-methyl/N-ethyl adjacent to an activating group) is 1. The maximum absolute atomic E-state index is 5.91. The third-order valence-corrected chi connectivity index (χ3v) is 2.58. The van der Waals surface area contributed by atoms with Crippen LogP contribution in [0.15, 0.2) is 18.2 Å². The molecule has 2 rings (SSSR count). The molecule has 82 valence electrons. The van der Waals surface area contributed by atoms with Crippen molar-refractivity contribution in [2.45, 2.75) is 19.4 Å². The molecule has 1 aliphatic heterocycles. The van der Waals surface area contributed by atoms with E-state index in [0.29, 0.717) is 0 Å². The first-order valence-corrected chi connectivity index (χ1v) is 5.10. The standard InChI is InChI=1S/C12H17NO2/c1-12(2)8-13(3)10-6-5-9(14-4)7-11(10)15-12/h5-7H,8H2,1-4H3. The topological polar surface area (TPSA) is 21.7 Å². The molecule has 0 amide bonds. The molecule has 1 heterocycles. The van der Waals surface area contributed by atoms with Gasteiger partial charge in [0.1, 0.15) is 17.1 Å². The smallest absolute Gasteiger partial charge is 0.147 e. The van der Waals surface area contributed by atoms with Gasteiger partial charge in [-0.25, -0.2) is 0 Å². The monoisotopic (exact) mass is 207 g/mol. The van der Waals surface area contributed by atoms with Crippen LogP contribution in [0.3, 0.4) is 0 Å². The van der Waals surface area contributed by atoms with Crippen molar-refractivity contribution in [3.05, 3.63) is 18.2 Å². The highest BCUT2D eigenvalue weighted by Gasteiger charge is 2.29. The van der Waals surface area contributed by atoms with Crippen LogP contribution in [0.4, 0.5) is 5.69 Å². The predicted octanol–water partition coefficient (Wildman–Crippen LogP) is 2.30. The van der Waals surface area contributed by atoms with Gasteiger partial charge in [0.05, 0.1) is 19.3 Å². The number of hydrogen-bond donors (Lipinski definition) is 0. The molecule has 0 N–H and O–H groups in total. The summed E-state index contributed by atoms with van der Waals surface area (Å²) in [6.45, 7) is 5.07. The summed E-state index contributed by atoms with van der Waals surface area (Å²) in [5.74, 6) is 1.73. The van der Waals surface area contributed by atoms with Gasteiger partial charge in [-0.3, -0.25) is 0 Å². The summed E-state index contributed by atoms with van der Waals surface area (Å²) in [6, 6.07) is 5.92. The van der Waals surface area contributed by atoms with Crippen LogP contribution in [0.5, 0.6) is 11.5 Å². The fourth-order valence-electron chi connectivity index (χ4n) is 2.00. The lowest BCUT2D eigenvalue weighted by molar-refractivity contribution is 0.107. The first-order chi connectivity index (χ1) is 7.02. The largest absolute Gasteiger partial charge is 0.497 e. The van der Waals surface area contributed by atoms with Crippen LogP contribution in [0, 0.1) is 0 Å². The van der Waals surface area contributed by atoms with Crippen molar-refractivity contribution in [1.29, 1.82) is 0 Å². The maximum atomic E-state index is 5.91. The second-order valence-electron chi connectivity index (χ2n) is 4.55. The molecule has 1 aromatic carbocycles. The summed E-state index contributed by atoms with van der Waals surface area (Å²) in [5.41, 5.74) is 0.976. The summed E-state index contributed by atoms with van der Waals surface area (Å²) < 4.78 is 11.1. The molecule has 1 aromatic rings. The number of anilines is 1. The number of nitrogens with zero attached hydrogens (tertiary/aromatic N) is 1. The molecule has 3 nitrogen and oxygen atoms in total. The molecular weight excluding hydrogens is 190 g/mol. The van der Waals surface area contributed by atoms with Gasteiger partial charge in [-0.05, 0) is 26.0 Å². The van der Waals surface area contributed by atoms with Gasteiger partial charge in [0.2, 0.25) is 0 Å². The summed E-state index contributed by atoms with van der Waals surface area (Å²) in [4.78, 5) is 2.21. The van der Waals surface area contributed by atoms with Gasteiger partial charge in [0.15, 0.2) is 0 Å². The van der Waals surface area contributed by atoms with E-state index in [0.717, 1.165) is 23.7 Å². The van der Waals surface area contributed by atoms with Crippen molar-refractivity contribution in [1.82, 2.24) is 0 Å². The van der Waals surface area contributed by atoms with Crippen LogP contribution in [-0.2, 0) is 0 Å². The normalized spacial score (nSPS) is 18.0. The molecule has 0 aliphatic carbocycles. The highest BCUT2D eigenvalue weighted by atomic mass is 16.5. The van der Waals surface area contributed by atoms with Gasteiger partial charge >= 0.3 is 0 Å². The van der Waals surface area contributed by atoms with Gasteiger partial charge in [-0.1, -0.05) is 0 Å². The minimum Gasteiger partial charge on any atom is -0.497 e. The minimum atomic E-state index is -0.145. The van der Waals surface area contributed by atoms with Crippen LogP contribution in [-0.4, -0.2) is 26.3 Å². The van der Waals surface area contributed by atoms with Gasteiger partial charge in [-0.15, -0.1) is 0 Å². The molecule has 0 bridgehead atoms. The van der Waals surface area contributed by atoms with Crippen LogP contribution in [0.1, 0.15) is 13.8 Å². The van der Waals surface area contributed by atoms with E-state index in [9.17, 15) is 0 Å². The summed E-state index contributed by atoms with van der Waals surface area (Å²) in [6.07, 6.45) is 0. The third kappa shape index (κ3) is 1.87. The summed E-state index contributed by atoms with van der Waals surface area (Å²) >= 11 is 0. The number of rotatable bonds is 1. The Bertz CT molecular complexity index is 374. The fourth-order valence-corrected chi connectivity index (χ4v) is 2.00. The molecule has 0 saturated heterocycles. The van der Waals surface area contributed by atoms with E-state index in [4.69, 9.17) is 9.47 Å². The number of ether oxygens (including phenoxy) is 2. The lowest BCUT2D eigenvalue weighted by atomic mass is 10.1. The van der Waals surface area contributed by atoms with Crippen LogP contribution in [0.25, 0.3) is 0 Å². The third-order valence-electron chi connectivity index (χ3n) is 2.58. The Morgan fingerprint density at radius 2 is 2.13 bits per heavy atom. The van der Waals surface area contributed by atoms with Gasteiger partial charge in [-0.2, -0.15) is 0 Å². The quantitative estimate of drug-likeness (QED) is 0.705. The Labute approximate surface area is 90.6 Å². The molecule has 0 atom stereocenters. The van der Waals surface area contributed by atoms with E-state index in [1.807, 2.05) is 18.2 Å². The highest BCUT2D eigenvalue weighted by molar-refractivity contribution is 5.62. The zero-order chi connectivity index (χ0) is 11.1. The Morgan fingerprint density at radius 3 is 2.80 bits per heavy atom. The molecule has 1 aliphatic rings. The van der Waals surface area contributed by atoms with Crippen molar-refractivity contribution in [2.24, 2.45) is 0 Å². The lowest BCUT2D eigenvalue weighted by Gasteiger charge is -2.39. The van der Waals surface area contributed by atoms with Crippen molar-refractivity contribution in [2.75, 3.05) is 25.6 Å².